The van der Waals surface area contributed by atoms with E-state index in [0.717, 1.165) is 41.7 Å². The second-order valence-electron chi connectivity index (χ2n) is 14.7. The second kappa shape index (κ2) is 14.5. The van der Waals surface area contributed by atoms with Crippen LogP contribution in [0.2, 0.25) is 0 Å². The van der Waals surface area contributed by atoms with Gasteiger partial charge in [-0.3, -0.25) is 9.79 Å². The van der Waals surface area contributed by atoms with E-state index in [-0.39, 0.29) is 42.9 Å². The number of aliphatic hydroxyl groups excluding tert-OH is 2. The smallest absolute Gasteiger partial charge is 0.163 e. The number of ketones is 1. The molecule has 9 nitrogen and oxygen atoms in total. The first-order valence-corrected chi connectivity index (χ1v) is 17.8. The molecule has 6 rings (SSSR count). The minimum atomic E-state index is -0.839. The van der Waals surface area contributed by atoms with Gasteiger partial charge in [0.15, 0.2) is 18.2 Å². The number of ether oxygens (including phenoxy) is 1. The van der Waals surface area contributed by atoms with E-state index in [1.54, 1.807) is 18.2 Å². The minimum Gasteiger partial charge on any atom is -0.504 e. The molecule has 2 saturated carbocycles. The first-order valence-electron chi connectivity index (χ1n) is 17.8. The maximum Gasteiger partial charge on any atom is 0.163 e. The molecular formula is C39H52N4O5. The van der Waals surface area contributed by atoms with Gasteiger partial charge < -0.3 is 36.4 Å². The molecule has 0 radical (unpaired) electrons. The number of allylic oxidation sites excluding steroid dienone is 1. The first kappa shape index (κ1) is 34.4. The average Bonchev–Trinajstić information content (AvgIpc) is 3.85. The van der Waals surface area contributed by atoms with Gasteiger partial charge >= 0.3 is 0 Å². The summed E-state index contributed by atoms with van der Waals surface area (Å²) in [5.74, 6) is 0.347. The van der Waals surface area contributed by atoms with E-state index in [9.17, 15) is 20.1 Å². The number of benzene rings is 2. The Morgan fingerprint density at radius 3 is 2.65 bits per heavy atom. The number of Topliss-reactive ketones (excluding diaryl/α,β-unsaturated/α-hetero) is 1. The molecule has 2 heterocycles. The molecule has 0 bridgehead atoms. The summed E-state index contributed by atoms with van der Waals surface area (Å²) in [4.78, 5) is 19.5. The molecule has 2 aliphatic carbocycles. The van der Waals surface area contributed by atoms with Gasteiger partial charge in [0.25, 0.3) is 0 Å². The lowest BCUT2D eigenvalue weighted by Gasteiger charge is -2.35. The molecule has 0 aromatic heterocycles. The van der Waals surface area contributed by atoms with Crippen molar-refractivity contribution in [2.45, 2.75) is 114 Å². The molecular weight excluding hydrogens is 604 g/mol. The van der Waals surface area contributed by atoms with Gasteiger partial charge in [-0.15, -0.1) is 0 Å². The van der Waals surface area contributed by atoms with E-state index in [1.807, 2.05) is 13.0 Å². The molecule has 2 aromatic carbocycles. The number of aryl methyl sites for hydroxylation is 1. The van der Waals surface area contributed by atoms with Crippen LogP contribution in [-0.4, -0.2) is 57.2 Å². The van der Waals surface area contributed by atoms with Gasteiger partial charge in [-0.25, -0.2) is 0 Å². The van der Waals surface area contributed by atoms with Gasteiger partial charge in [-0.1, -0.05) is 56.5 Å². The summed E-state index contributed by atoms with van der Waals surface area (Å²) in [6, 6.07) is 13.7. The molecule has 4 aliphatic rings. The van der Waals surface area contributed by atoms with Crippen LogP contribution in [0.5, 0.6) is 11.5 Å². The number of aromatic hydroxyl groups is 1. The third-order valence-corrected chi connectivity index (χ3v) is 11.1. The van der Waals surface area contributed by atoms with Gasteiger partial charge in [0.05, 0.1) is 30.6 Å². The predicted molar refractivity (Wildman–Crippen MR) is 187 cm³/mol. The van der Waals surface area contributed by atoms with E-state index in [0.29, 0.717) is 30.6 Å². The van der Waals surface area contributed by atoms with Crippen LogP contribution in [-0.2, 0) is 16.6 Å². The molecule has 2 aromatic rings. The first-order chi connectivity index (χ1) is 23.1. The maximum absolute atomic E-state index is 12.5. The van der Waals surface area contributed by atoms with Crippen molar-refractivity contribution in [3.8, 4) is 11.5 Å². The third-order valence-electron chi connectivity index (χ3n) is 11.1. The number of fused-ring (bicyclic) bond motifs is 1. The fraction of sp³-hybridized carbons (Fsp3) is 0.538. The number of aliphatic hydroxyl groups is 2. The summed E-state index contributed by atoms with van der Waals surface area (Å²) in [5.41, 5.74) is 19.0. The molecule has 1 spiro atoms. The molecule has 9 heteroatoms. The van der Waals surface area contributed by atoms with E-state index < -0.39 is 18.4 Å². The van der Waals surface area contributed by atoms with Crippen LogP contribution in [0, 0.1) is 5.41 Å². The number of nitrogens with zero attached hydrogens (tertiary/aromatic N) is 2. The Kier molecular flexibility index (Phi) is 10.4. The van der Waals surface area contributed by atoms with Crippen LogP contribution in [0.15, 0.2) is 71.0 Å². The highest BCUT2D eigenvalue weighted by Gasteiger charge is 2.53. The molecule has 258 valence electrons. The number of phenols is 1. The van der Waals surface area contributed by atoms with Crippen molar-refractivity contribution >= 4 is 11.5 Å². The van der Waals surface area contributed by atoms with E-state index in [1.165, 1.54) is 43.2 Å². The number of hydrogen-bond donors (Lipinski definition) is 5. The van der Waals surface area contributed by atoms with E-state index in [2.05, 4.69) is 35.5 Å². The number of aliphatic imine (C=N–C) groups is 1. The Hall–Kier alpha value is -3.50. The molecule has 0 amide bonds. The van der Waals surface area contributed by atoms with Crippen LogP contribution < -0.4 is 16.2 Å². The van der Waals surface area contributed by atoms with Crippen molar-refractivity contribution < 1.29 is 24.9 Å². The van der Waals surface area contributed by atoms with Crippen LogP contribution in [0.1, 0.15) is 107 Å². The zero-order valence-corrected chi connectivity index (χ0v) is 28.2. The van der Waals surface area contributed by atoms with E-state index in [4.69, 9.17) is 21.2 Å². The van der Waals surface area contributed by atoms with Crippen molar-refractivity contribution in [2.75, 3.05) is 13.3 Å². The Morgan fingerprint density at radius 1 is 1.06 bits per heavy atom. The summed E-state index contributed by atoms with van der Waals surface area (Å²) < 4.78 is 6.13. The molecule has 0 saturated heterocycles. The zero-order valence-electron chi connectivity index (χ0n) is 28.2. The van der Waals surface area contributed by atoms with Crippen molar-refractivity contribution in [3.63, 3.8) is 0 Å². The van der Waals surface area contributed by atoms with Gasteiger partial charge in [0.1, 0.15) is 5.78 Å². The Balaban J connectivity index is 1.11. The molecule has 2 aliphatic heterocycles. The Morgan fingerprint density at radius 2 is 1.88 bits per heavy atom. The fourth-order valence-electron chi connectivity index (χ4n) is 8.59. The lowest BCUT2D eigenvalue weighted by molar-refractivity contribution is -0.121. The Bertz CT molecular complexity index is 1580. The van der Waals surface area contributed by atoms with Crippen molar-refractivity contribution in [2.24, 2.45) is 21.9 Å². The molecule has 3 atom stereocenters. The average molecular weight is 657 g/mol. The predicted octanol–water partition coefficient (Wildman–Crippen LogP) is 5.67. The minimum absolute atomic E-state index is 0.0282. The lowest BCUT2D eigenvalue weighted by Crippen LogP contribution is -2.29. The van der Waals surface area contributed by atoms with Gasteiger partial charge in [0.2, 0.25) is 0 Å². The summed E-state index contributed by atoms with van der Waals surface area (Å²) in [6.45, 7) is 2.84. The van der Waals surface area contributed by atoms with Crippen molar-refractivity contribution in [1.29, 1.82) is 0 Å². The topological polar surface area (TPSA) is 155 Å². The maximum atomic E-state index is 12.5. The molecule has 7 N–H and O–H groups in total. The number of carbonyl (C=O) groups excluding carboxylic acids is 1. The highest BCUT2D eigenvalue weighted by molar-refractivity contribution is 6.10. The number of nitrogens with two attached hydrogens (primary N) is 2. The van der Waals surface area contributed by atoms with Crippen molar-refractivity contribution in [1.82, 2.24) is 4.90 Å². The largest absolute Gasteiger partial charge is 0.504 e. The second-order valence-corrected chi connectivity index (χ2v) is 14.7. The highest BCUT2D eigenvalue weighted by Crippen LogP contribution is 2.62. The number of phenolic OH excluding ortho intramolecular Hbond substituents is 1. The third kappa shape index (κ3) is 7.39. The van der Waals surface area contributed by atoms with Gasteiger partial charge in [-0.05, 0) is 91.2 Å². The quantitative estimate of drug-likeness (QED) is 0.154. The number of carbonyl (C=O) groups is 1. The monoisotopic (exact) mass is 656 g/mol. The van der Waals surface area contributed by atoms with E-state index >= 15 is 0 Å². The van der Waals surface area contributed by atoms with Crippen LogP contribution in [0.25, 0.3) is 0 Å². The normalized spacial score (nSPS) is 22.5. The fourth-order valence-corrected chi connectivity index (χ4v) is 8.59. The summed E-state index contributed by atoms with van der Waals surface area (Å²) in [7, 11) is 0. The van der Waals surface area contributed by atoms with Crippen LogP contribution in [0.4, 0.5) is 0 Å². The molecule has 2 fully saturated rings. The van der Waals surface area contributed by atoms with Crippen molar-refractivity contribution in [3.05, 3.63) is 82.7 Å². The zero-order chi connectivity index (χ0) is 33.9. The van der Waals surface area contributed by atoms with Crippen LogP contribution >= 0.6 is 0 Å². The lowest BCUT2D eigenvalue weighted by atomic mass is 9.68. The van der Waals surface area contributed by atoms with Gasteiger partial charge in [-0.2, -0.15) is 0 Å². The van der Waals surface area contributed by atoms with Gasteiger partial charge in [0, 0.05) is 36.2 Å². The van der Waals surface area contributed by atoms with Crippen LogP contribution in [0.3, 0.4) is 0 Å². The molecule has 3 unspecified atom stereocenters. The number of rotatable bonds is 15. The SMILES string of the molecule is CCCC(O)CC(O)CC(=O)CCc1ccc(O)c(OCN2C=C3C(C4(c5cccc(C(N)N)c5)CCC5(CCCC5)C4)=CN=C3C2)c1. The number of hydrogen-bond acceptors (Lipinski definition) is 9. The highest BCUT2D eigenvalue weighted by atomic mass is 16.5. The summed E-state index contributed by atoms with van der Waals surface area (Å²) in [6.07, 6.45) is 13.3. The Labute approximate surface area is 284 Å². The standard InChI is InChI=1S/C39H52N4O5/c1-2-6-29(44)19-31(46)20-30(45)11-9-26-10-12-35(47)36(17-26)48-25-43-22-32-33(21-42-34(32)23-43)39(16-15-38(24-39)13-3-4-14-38)28-8-5-7-27(18-28)37(40)41/h5,7-8,10,12,17-18,21-22,29,31,37,44,46-47H,2-4,6,9,11,13-16,19-20,23-25,40-41H2,1H3. The molecule has 48 heavy (non-hydrogen) atoms. The summed E-state index contributed by atoms with van der Waals surface area (Å²) in [5, 5.41) is 30.7. The summed E-state index contributed by atoms with van der Waals surface area (Å²) >= 11 is 0.